The Labute approximate surface area is 183 Å². The van der Waals surface area contributed by atoms with Gasteiger partial charge in [-0.05, 0) is 39.8 Å². The van der Waals surface area contributed by atoms with Crippen LogP contribution in [0.3, 0.4) is 0 Å². The number of nitrogens with zero attached hydrogens (tertiary/aromatic N) is 1. The molecule has 2 aromatic rings. The molecule has 0 bridgehead atoms. The molecule has 4 atom stereocenters. The van der Waals surface area contributed by atoms with E-state index in [-0.39, 0.29) is 12.2 Å². The van der Waals surface area contributed by atoms with Crippen molar-refractivity contribution in [1.29, 1.82) is 0 Å². The Hall–Kier alpha value is -2.79. The van der Waals surface area contributed by atoms with Gasteiger partial charge < -0.3 is 24.1 Å². The number of hydrogen-bond donors (Lipinski definition) is 2. The van der Waals surface area contributed by atoms with Crippen LogP contribution in [0.5, 0.6) is 0 Å². The Kier molecular flexibility index (Phi) is 5.58. The molecule has 2 aliphatic heterocycles. The van der Waals surface area contributed by atoms with Gasteiger partial charge in [0.1, 0.15) is 24.9 Å². The first-order valence-corrected chi connectivity index (χ1v) is 10.3. The summed E-state index contributed by atoms with van der Waals surface area (Å²) in [6.45, 7) is 6.01. The van der Waals surface area contributed by atoms with Gasteiger partial charge in [0.05, 0.1) is 12.2 Å². The second-order valence-electron chi connectivity index (χ2n) is 8.59. The first-order valence-electron chi connectivity index (χ1n) is 10.3. The zero-order chi connectivity index (χ0) is 23.3. The van der Waals surface area contributed by atoms with Gasteiger partial charge in [-0.25, -0.2) is 9.59 Å². The molecule has 1 aromatic carbocycles. The van der Waals surface area contributed by atoms with E-state index in [1.807, 2.05) is 6.92 Å². The molecular weight excluding hydrogens is 420 g/mol. The quantitative estimate of drug-likeness (QED) is 0.638. The summed E-state index contributed by atoms with van der Waals surface area (Å²) in [5.41, 5.74) is -1.33. The number of aromatic amines is 1. The molecule has 0 aliphatic carbocycles. The molecule has 2 N–H and O–H groups in total. The fourth-order valence-electron chi connectivity index (χ4n) is 4.11. The predicted molar refractivity (Wildman–Crippen MR) is 111 cm³/mol. The number of rotatable bonds is 5. The highest BCUT2D eigenvalue weighted by Crippen LogP contribution is 2.46. The van der Waals surface area contributed by atoms with Gasteiger partial charge in [0.2, 0.25) is 5.72 Å². The molecule has 2 saturated heterocycles. The van der Waals surface area contributed by atoms with Crippen molar-refractivity contribution in [2.75, 3.05) is 13.2 Å². The van der Waals surface area contributed by atoms with Crippen LogP contribution in [0.4, 0.5) is 0 Å². The van der Waals surface area contributed by atoms with Crippen LogP contribution in [0.25, 0.3) is 0 Å². The van der Waals surface area contributed by atoms with Crippen molar-refractivity contribution in [3.8, 4) is 0 Å². The van der Waals surface area contributed by atoms with Crippen molar-refractivity contribution in [3.63, 3.8) is 0 Å². The average molecular weight is 446 g/mol. The zero-order valence-corrected chi connectivity index (χ0v) is 18.3. The van der Waals surface area contributed by atoms with Crippen molar-refractivity contribution in [2.45, 2.75) is 57.5 Å². The van der Waals surface area contributed by atoms with Crippen molar-refractivity contribution in [2.24, 2.45) is 0 Å². The van der Waals surface area contributed by atoms with E-state index >= 15 is 0 Å². The number of carbonyl (C=O) groups excluding carboxylic acids is 1. The highest BCUT2D eigenvalue weighted by molar-refractivity contribution is 5.89. The highest BCUT2D eigenvalue weighted by Gasteiger charge is 2.64. The third-order valence-electron chi connectivity index (χ3n) is 5.72. The van der Waals surface area contributed by atoms with Gasteiger partial charge in [-0.15, -0.1) is 0 Å². The van der Waals surface area contributed by atoms with Gasteiger partial charge in [0, 0.05) is 11.8 Å². The maximum atomic E-state index is 12.6. The summed E-state index contributed by atoms with van der Waals surface area (Å²) in [6.07, 6.45) is -1.15. The van der Waals surface area contributed by atoms with Gasteiger partial charge in [0.25, 0.3) is 5.56 Å². The lowest BCUT2D eigenvalue weighted by molar-refractivity contribution is -0.244. The third kappa shape index (κ3) is 3.79. The molecule has 2 fully saturated rings. The molecule has 0 spiro atoms. The van der Waals surface area contributed by atoms with E-state index in [9.17, 15) is 19.5 Å². The monoisotopic (exact) mass is 446 g/mol. The van der Waals surface area contributed by atoms with Crippen molar-refractivity contribution < 1.29 is 28.8 Å². The van der Waals surface area contributed by atoms with Crippen LogP contribution in [-0.2, 0) is 24.7 Å². The van der Waals surface area contributed by atoms with E-state index in [4.69, 9.17) is 18.9 Å². The summed E-state index contributed by atoms with van der Waals surface area (Å²) < 4.78 is 24.6. The SMILES string of the molecule is Cc1ccc(C(=O)OC[C@H]2OC(CO)(n3cc(C)c(=O)[nH]c3=O)[C@@H]3OC(C)(C)O[C@@H]32)cc1. The molecule has 1 unspecified atom stereocenters. The zero-order valence-electron chi connectivity index (χ0n) is 18.3. The maximum Gasteiger partial charge on any atom is 0.338 e. The fourth-order valence-corrected chi connectivity index (χ4v) is 4.11. The van der Waals surface area contributed by atoms with E-state index in [0.717, 1.165) is 10.1 Å². The third-order valence-corrected chi connectivity index (χ3v) is 5.72. The number of aryl methyl sites for hydroxylation is 2. The molecule has 1 aromatic heterocycles. The minimum atomic E-state index is -1.68. The number of nitrogens with one attached hydrogen (secondary N) is 1. The minimum absolute atomic E-state index is 0.188. The van der Waals surface area contributed by atoms with Crippen LogP contribution in [0.15, 0.2) is 40.1 Å². The maximum absolute atomic E-state index is 12.6. The Bertz CT molecular complexity index is 1140. The Morgan fingerprint density at radius 3 is 2.50 bits per heavy atom. The summed E-state index contributed by atoms with van der Waals surface area (Å²) in [7, 11) is 0. The Balaban J connectivity index is 1.64. The Morgan fingerprint density at radius 1 is 1.16 bits per heavy atom. The molecular formula is C22H26N2O8. The number of esters is 1. The second-order valence-corrected chi connectivity index (χ2v) is 8.59. The number of aromatic nitrogens is 2. The van der Waals surface area contributed by atoms with E-state index in [1.165, 1.54) is 13.1 Å². The number of carbonyl (C=O) groups is 1. The highest BCUT2D eigenvalue weighted by atomic mass is 16.8. The van der Waals surface area contributed by atoms with Gasteiger partial charge in [0.15, 0.2) is 5.79 Å². The smallest absolute Gasteiger partial charge is 0.338 e. The normalized spacial score (nSPS) is 28.5. The molecule has 3 heterocycles. The van der Waals surface area contributed by atoms with Gasteiger partial charge in [-0.1, -0.05) is 17.7 Å². The second kappa shape index (κ2) is 7.96. The summed E-state index contributed by atoms with van der Waals surface area (Å²) >= 11 is 0. The lowest BCUT2D eigenvalue weighted by atomic mass is 10.0. The number of H-pyrrole nitrogens is 1. The average Bonchev–Trinajstić information content (AvgIpc) is 3.21. The molecule has 32 heavy (non-hydrogen) atoms. The van der Waals surface area contributed by atoms with Crippen LogP contribution >= 0.6 is 0 Å². The first kappa shape index (κ1) is 22.4. The van der Waals surface area contributed by atoms with Gasteiger partial charge >= 0.3 is 11.7 Å². The minimum Gasteiger partial charge on any atom is -0.459 e. The largest absolute Gasteiger partial charge is 0.459 e. The molecule has 10 nitrogen and oxygen atoms in total. The van der Waals surface area contributed by atoms with Crippen LogP contribution in [-0.4, -0.2) is 57.9 Å². The standard InChI is InChI=1S/C22H26N2O8/c1-12-5-7-14(8-6-12)19(27)29-10-15-16-17(32-21(3,4)31-16)22(11-25,30-15)24-9-13(2)18(26)23-20(24)28/h5-9,15-17,25H,10-11H2,1-4H3,(H,23,26,28)/t15-,16-,17-,22?/m1/s1. The van der Waals surface area contributed by atoms with E-state index in [1.54, 1.807) is 38.1 Å². The summed E-state index contributed by atoms with van der Waals surface area (Å²) in [5, 5.41) is 10.4. The van der Waals surface area contributed by atoms with Gasteiger partial charge in [-0.3, -0.25) is 14.3 Å². The number of aliphatic hydroxyl groups is 1. The lowest BCUT2D eigenvalue weighted by Gasteiger charge is -2.34. The lowest BCUT2D eigenvalue weighted by Crippen LogP contribution is -2.54. The number of hydrogen-bond acceptors (Lipinski definition) is 8. The number of ether oxygens (including phenoxy) is 4. The molecule has 172 valence electrons. The van der Waals surface area contributed by atoms with E-state index in [2.05, 4.69) is 4.98 Å². The van der Waals surface area contributed by atoms with Crippen LogP contribution < -0.4 is 11.2 Å². The molecule has 0 saturated carbocycles. The molecule has 10 heteroatoms. The fraction of sp³-hybridized carbons (Fsp3) is 0.500. The summed E-state index contributed by atoms with van der Waals surface area (Å²) in [6, 6.07) is 6.93. The first-order chi connectivity index (χ1) is 15.1. The van der Waals surface area contributed by atoms with Crippen molar-refractivity contribution in [1.82, 2.24) is 9.55 Å². The molecule has 4 rings (SSSR count). The Morgan fingerprint density at radius 2 is 1.84 bits per heavy atom. The number of benzene rings is 1. The van der Waals surface area contributed by atoms with Crippen molar-refractivity contribution >= 4 is 5.97 Å². The van der Waals surface area contributed by atoms with Crippen LogP contribution in [0, 0.1) is 13.8 Å². The number of aliphatic hydroxyl groups excluding tert-OH is 1. The summed E-state index contributed by atoms with van der Waals surface area (Å²) in [5.74, 6) is -1.57. The van der Waals surface area contributed by atoms with E-state index < -0.39 is 53.6 Å². The van der Waals surface area contributed by atoms with E-state index in [0.29, 0.717) is 5.56 Å². The summed E-state index contributed by atoms with van der Waals surface area (Å²) in [4.78, 5) is 39.1. The van der Waals surface area contributed by atoms with Crippen molar-refractivity contribution in [3.05, 3.63) is 68.0 Å². The molecule has 0 radical (unpaired) electrons. The predicted octanol–water partition coefficient (Wildman–Crippen LogP) is 0.574. The molecule has 0 amide bonds. The van der Waals surface area contributed by atoms with Crippen LogP contribution in [0.1, 0.15) is 35.3 Å². The van der Waals surface area contributed by atoms with Gasteiger partial charge in [-0.2, -0.15) is 0 Å². The van der Waals surface area contributed by atoms with Crippen LogP contribution in [0.2, 0.25) is 0 Å². The number of fused-ring (bicyclic) bond motifs is 1. The molecule has 2 aliphatic rings. The topological polar surface area (TPSA) is 129 Å².